The largest absolute Gasteiger partial charge is 0.488 e. The Bertz CT molecular complexity index is 1920. The third-order valence-electron chi connectivity index (χ3n) is 8.93. The second-order valence-electron chi connectivity index (χ2n) is 12.1. The lowest BCUT2D eigenvalue weighted by atomic mass is 9.88. The van der Waals surface area contributed by atoms with Crippen molar-refractivity contribution < 1.29 is 38.7 Å². The molecule has 252 valence electrons. The van der Waals surface area contributed by atoms with E-state index >= 15 is 0 Å². The second-order valence-corrected chi connectivity index (χ2v) is 12.5. The van der Waals surface area contributed by atoms with Gasteiger partial charge in [0.05, 0.1) is 22.6 Å². The minimum absolute atomic E-state index is 0.102. The molecule has 4 aromatic rings. The van der Waals surface area contributed by atoms with Crippen LogP contribution < -0.4 is 18.9 Å². The average molecular weight is 683 g/mol. The molecule has 0 radical (unpaired) electrons. The third-order valence-corrected chi connectivity index (χ3v) is 9.22. The van der Waals surface area contributed by atoms with Gasteiger partial charge in [0, 0.05) is 18.2 Å². The summed E-state index contributed by atoms with van der Waals surface area (Å²) in [6.45, 7) is 3.89. The molecule has 0 bridgehead atoms. The van der Waals surface area contributed by atoms with Crippen LogP contribution in [-0.2, 0) is 29.3 Å². The van der Waals surface area contributed by atoms with Gasteiger partial charge < -0.3 is 29.2 Å². The standard InChI is InChI=1S/C38H35ClN2O8/c1-23-27(7-3-8-29(23)26-10-11-32-35(17-26)47-14-13-46-32)22-49-34-18-33(48-21-25-6-2-5-24(15-25)19-40)28(16-31(34)39)20-41-12-4-9-30(37(42)43)36(41)38(44)45/h2-3,5-8,10-11,15-18,30,36H,4,9,12-14,20-22H2,1H3,(H,42,43)(H,44,45). The van der Waals surface area contributed by atoms with Crippen LogP contribution in [0.25, 0.3) is 11.1 Å². The normalized spacial score (nSPS) is 17.2. The number of benzene rings is 4. The molecule has 2 heterocycles. The van der Waals surface area contributed by atoms with Crippen molar-refractivity contribution in [2.75, 3.05) is 19.8 Å². The Labute approximate surface area is 289 Å². The van der Waals surface area contributed by atoms with Crippen LogP contribution in [-0.4, -0.2) is 52.9 Å². The summed E-state index contributed by atoms with van der Waals surface area (Å²) in [7, 11) is 0. The average Bonchev–Trinajstić information content (AvgIpc) is 3.11. The van der Waals surface area contributed by atoms with E-state index in [0.29, 0.717) is 59.6 Å². The first kappa shape index (κ1) is 33.7. The highest BCUT2D eigenvalue weighted by atomic mass is 35.5. The van der Waals surface area contributed by atoms with Gasteiger partial charge >= 0.3 is 11.9 Å². The zero-order chi connectivity index (χ0) is 34.5. The first-order valence-corrected chi connectivity index (χ1v) is 16.3. The van der Waals surface area contributed by atoms with E-state index in [1.165, 1.54) is 0 Å². The van der Waals surface area contributed by atoms with Gasteiger partial charge in [0.15, 0.2) is 11.5 Å². The molecular formula is C38H35ClN2O8. The van der Waals surface area contributed by atoms with Crippen molar-refractivity contribution in [3.05, 3.63) is 106 Å². The summed E-state index contributed by atoms with van der Waals surface area (Å²) < 4.78 is 24.0. The first-order chi connectivity index (χ1) is 23.7. The number of rotatable bonds is 11. The number of ether oxygens (including phenoxy) is 4. The number of piperidine rings is 1. The van der Waals surface area contributed by atoms with Gasteiger partial charge in [-0.15, -0.1) is 0 Å². The first-order valence-electron chi connectivity index (χ1n) is 16.0. The fourth-order valence-electron chi connectivity index (χ4n) is 6.40. The van der Waals surface area contributed by atoms with E-state index in [4.69, 9.17) is 30.5 Å². The molecule has 2 atom stereocenters. The monoisotopic (exact) mass is 682 g/mol. The molecule has 1 saturated heterocycles. The molecule has 2 aliphatic rings. The zero-order valence-electron chi connectivity index (χ0n) is 26.9. The van der Waals surface area contributed by atoms with Crippen molar-refractivity contribution in [2.24, 2.45) is 5.92 Å². The number of fused-ring (bicyclic) bond motifs is 1. The number of carbonyl (C=O) groups is 2. The Hall–Kier alpha value is -5.24. The Kier molecular flexibility index (Phi) is 10.2. The second kappa shape index (κ2) is 14.9. The molecule has 1 fully saturated rings. The van der Waals surface area contributed by atoms with Crippen LogP contribution in [0.4, 0.5) is 0 Å². The van der Waals surface area contributed by atoms with Crippen LogP contribution >= 0.6 is 11.6 Å². The molecule has 10 nitrogen and oxygen atoms in total. The Morgan fingerprint density at radius 2 is 1.69 bits per heavy atom. The van der Waals surface area contributed by atoms with Crippen LogP contribution in [0.2, 0.25) is 5.02 Å². The van der Waals surface area contributed by atoms with Gasteiger partial charge in [-0.3, -0.25) is 14.5 Å². The molecule has 2 unspecified atom stereocenters. The van der Waals surface area contributed by atoms with E-state index in [9.17, 15) is 25.1 Å². The lowest BCUT2D eigenvalue weighted by molar-refractivity contribution is -0.158. The minimum atomic E-state index is -1.20. The quantitative estimate of drug-likeness (QED) is 0.172. The van der Waals surface area contributed by atoms with Crippen molar-refractivity contribution in [2.45, 2.75) is 45.6 Å². The van der Waals surface area contributed by atoms with Crippen LogP contribution in [0.15, 0.2) is 72.8 Å². The number of hydrogen-bond acceptors (Lipinski definition) is 8. The van der Waals surface area contributed by atoms with E-state index in [2.05, 4.69) is 6.07 Å². The maximum absolute atomic E-state index is 12.3. The summed E-state index contributed by atoms with van der Waals surface area (Å²) in [6.07, 6.45) is 0.821. The molecular weight excluding hydrogens is 648 g/mol. The molecule has 2 aliphatic heterocycles. The fraction of sp³-hybridized carbons (Fsp3) is 0.289. The highest BCUT2D eigenvalue weighted by molar-refractivity contribution is 6.32. The zero-order valence-corrected chi connectivity index (χ0v) is 27.6. The Morgan fingerprint density at radius 3 is 2.47 bits per heavy atom. The van der Waals surface area contributed by atoms with Gasteiger partial charge in [-0.1, -0.05) is 48.0 Å². The lowest BCUT2D eigenvalue weighted by Gasteiger charge is -2.37. The third kappa shape index (κ3) is 7.59. The molecule has 49 heavy (non-hydrogen) atoms. The molecule has 0 aliphatic carbocycles. The number of carboxylic acids is 2. The predicted octanol–water partition coefficient (Wildman–Crippen LogP) is 6.87. The maximum atomic E-state index is 12.3. The van der Waals surface area contributed by atoms with Gasteiger partial charge in [-0.25, -0.2) is 0 Å². The minimum Gasteiger partial charge on any atom is -0.488 e. The highest BCUT2D eigenvalue weighted by Crippen LogP contribution is 2.38. The summed E-state index contributed by atoms with van der Waals surface area (Å²) in [5, 5.41) is 29.4. The van der Waals surface area contributed by atoms with Crippen LogP contribution in [0.3, 0.4) is 0 Å². The molecule has 0 amide bonds. The summed E-state index contributed by atoms with van der Waals surface area (Å²) in [5.74, 6) is -1.16. The molecule has 4 aromatic carbocycles. The van der Waals surface area contributed by atoms with Crippen molar-refractivity contribution in [3.8, 4) is 40.2 Å². The summed E-state index contributed by atoms with van der Waals surface area (Å²) in [4.78, 5) is 25.8. The lowest BCUT2D eigenvalue weighted by Crippen LogP contribution is -2.51. The van der Waals surface area contributed by atoms with Crippen molar-refractivity contribution >= 4 is 23.5 Å². The number of nitrogens with zero attached hydrogens (tertiary/aromatic N) is 2. The molecule has 6 rings (SSSR count). The molecule has 0 saturated carbocycles. The summed E-state index contributed by atoms with van der Waals surface area (Å²) in [6, 6.07) is 23.2. The van der Waals surface area contributed by atoms with E-state index in [1.54, 1.807) is 35.2 Å². The maximum Gasteiger partial charge on any atom is 0.321 e. The van der Waals surface area contributed by atoms with Gasteiger partial charge in [0.2, 0.25) is 0 Å². The van der Waals surface area contributed by atoms with Crippen molar-refractivity contribution in [1.82, 2.24) is 4.90 Å². The van der Waals surface area contributed by atoms with E-state index in [-0.39, 0.29) is 26.2 Å². The number of nitriles is 1. The van der Waals surface area contributed by atoms with Gasteiger partial charge in [0.1, 0.15) is 44.0 Å². The van der Waals surface area contributed by atoms with Crippen LogP contribution in [0, 0.1) is 24.2 Å². The van der Waals surface area contributed by atoms with E-state index in [1.807, 2.05) is 49.4 Å². The molecule has 2 N–H and O–H groups in total. The predicted molar refractivity (Wildman–Crippen MR) is 181 cm³/mol. The van der Waals surface area contributed by atoms with E-state index in [0.717, 1.165) is 33.6 Å². The smallest absolute Gasteiger partial charge is 0.321 e. The number of aliphatic carboxylic acids is 2. The molecule has 0 aromatic heterocycles. The number of likely N-dealkylation sites (tertiary alicyclic amines) is 1. The van der Waals surface area contributed by atoms with Gasteiger partial charge in [0.25, 0.3) is 0 Å². The number of carboxylic acid groups (broad SMARTS) is 2. The van der Waals surface area contributed by atoms with E-state index < -0.39 is 23.9 Å². The SMILES string of the molecule is Cc1c(COc2cc(OCc3cccc(C#N)c3)c(CN3CCCC(C(=O)O)C3C(=O)O)cc2Cl)cccc1-c1ccc2c(c1)OCCO2. The van der Waals surface area contributed by atoms with Gasteiger partial charge in [-0.05, 0) is 84.5 Å². The topological polar surface area (TPSA) is 139 Å². The van der Waals surface area contributed by atoms with Crippen LogP contribution in [0.1, 0.15) is 40.7 Å². The number of halogens is 1. The van der Waals surface area contributed by atoms with Crippen molar-refractivity contribution in [3.63, 3.8) is 0 Å². The summed E-state index contributed by atoms with van der Waals surface area (Å²) >= 11 is 6.78. The fourth-order valence-corrected chi connectivity index (χ4v) is 6.64. The van der Waals surface area contributed by atoms with Crippen LogP contribution in [0.5, 0.6) is 23.0 Å². The highest BCUT2D eigenvalue weighted by Gasteiger charge is 2.41. The van der Waals surface area contributed by atoms with Crippen molar-refractivity contribution in [1.29, 1.82) is 5.26 Å². The number of hydrogen-bond donors (Lipinski definition) is 2. The molecule has 11 heteroatoms. The summed E-state index contributed by atoms with van der Waals surface area (Å²) in [5.41, 5.74) is 5.83. The Balaban J connectivity index is 1.27. The molecule has 0 spiro atoms. The Morgan fingerprint density at radius 1 is 0.918 bits per heavy atom. The van der Waals surface area contributed by atoms with Gasteiger partial charge in [-0.2, -0.15) is 5.26 Å².